The summed E-state index contributed by atoms with van der Waals surface area (Å²) < 4.78 is 21.7. The van der Waals surface area contributed by atoms with Crippen molar-refractivity contribution in [3.8, 4) is 22.6 Å². The predicted octanol–water partition coefficient (Wildman–Crippen LogP) is 5.20. The second kappa shape index (κ2) is 8.88. The summed E-state index contributed by atoms with van der Waals surface area (Å²) >= 11 is 0. The SMILES string of the molecule is Cc1cc(F)cc(C)c1Oc1ccc(C(C)(C)O)cc1-c1cn(C)c(=O)c2[nH]c(C(=O)NC3CC3)cc12. The van der Waals surface area contributed by atoms with Gasteiger partial charge in [0.2, 0.25) is 0 Å². The second-order valence-corrected chi connectivity index (χ2v) is 10.4. The zero-order valence-corrected chi connectivity index (χ0v) is 21.5. The molecular formula is C29H30FN3O4. The third-order valence-electron chi connectivity index (χ3n) is 6.74. The van der Waals surface area contributed by atoms with E-state index < -0.39 is 5.60 Å². The van der Waals surface area contributed by atoms with Gasteiger partial charge in [0.1, 0.15) is 28.5 Å². The summed E-state index contributed by atoms with van der Waals surface area (Å²) in [6, 6.07) is 10.0. The Morgan fingerprint density at radius 3 is 2.43 bits per heavy atom. The summed E-state index contributed by atoms with van der Waals surface area (Å²) in [5, 5.41) is 14.3. The van der Waals surface area contributed by atoms with E-state index >= 15 is 0 Å². The number of ether oxygens (including phenoxy) is 1. The Labute approximate surface area is 213 Å². The number of aryl methyl sites for hydroxylation is 3. The van der Waals surface area contributed by atoms with Gasteiger partial charge in [-0.05, 0) is 87.6 Å². The van der Waals surface area contributed by atoms with Crippen LogP contribution < -0.4 is 15.6 Å². The monoisotopic (exact) mass is 503 g/mol. The first-order valence-corrected chi connectivity index (χ1v) is 12.3. The maximum Gasteiger partial charge on any atom is 0.274 e. The van der Waals surface area contributed by atoms with Crippen molar-refractivity contribution >= 4 is 16.8 Å². The molecule has 7 nitrogen and oxygen atoms in total. The van der Waals surface area contributed by atoms with Crippen molar-refractivity contribution in [1.29, 1.82) is 0 Å². The van der Waals surface area contributed by atoms with E-state index in [1.165, 1.54) is 16.7 Å². The first kappa shape index (κ1) is 24.8. The van der Waals surface area contributed by atoms with Crippen LogP contribution in [0.5, 0.6) is 11.5 Å². The molecular weight excluding hydrogens is 473 g/mol. The Hall–Kier alpha value is -3.91. The van der Waals surface area contributed by atoms with Crippen LogP contribution in [0.25, 0.3) is 22.0 Å². The molecule has 8 heteroatoms. The van der Waals surface area contributed by atoms with E-state index in [0.717, 1.165) is 12.8 Å². The van der Waals surface area contributed by atoms with Gasteiger partial charge in [-0.15, -0.1) is 0 Å². The van der Waals surface area contributed by atoms with Crippen LogP contribution in [0.1, 0.15) is 53.9 Å². The number of nitrogens with one attached hydrogen (secondary N) is 2. The first-order chi connectivity index (χ1) is 17.4. The quantitative estimate of drug-likeness (QED) is 0.337. The number of aliphatic hydroxyl groups is 1. The van der Waals surface area contributed by atoms with Crippen molar-refractivity contribution in [3.05, 3.63) is 81.2 Å². The number of rotatable bonds is 6. The van der Waals surface area contributed by atoms with Crippen molar-refractivity contribution in [3.63, 3.8) is 0 Å². The van der Waals surface area contributed by atoms with E-state index in [-0.39, 0.29) is 23.3 Å². The van der Waals surface area contributed by atoms with Crippen molar-refractivity contribution < 1.29 is 19.0 Å². The molecule has 3 N–H and O–H groups in total. The molecule has 2 aromatic carbocycles. The molecule has 192 valence electrons. The Bertz CT molecular complexity index is 1580. The average molecular weight is 504 g/mol. The molecule has 4 aromatic rings. The molecule has 0 radical (unpaired) electrons. The fraction of sp³-hybridized carbons (Fsp3) is 0.310. The van der Waals surface area contributed by atoms with Crippen LogP contribution in [0, 0.1) is 19.7 Å². The van der Waals surface area contributed by atoms with Crippen molar-refractivity contribution in [2.24, 2.45) is 7.05 Å². The number of halogens is 1. The van der Waals surface area contributed by atoms with Gasteiger partial charge in [0.05, 0.1) is 5.60 Å². The van der Waals surface area contributed by atoms with Gasteiger partial charge in [-0.2, -0.15) is 0 Å². The lowest BCUT2D eigenvalue weighted by Gasteiger charge is -2.22. The van der Waals surface area contributed by atoms with Gasteiger partial charge in [-0.3, -0.25) is 9.59 Å². The van der Waals surface area contributed by atoms with Gasteiger partial charge < -0.3 is 24.7 Å². The number of amides is 1. The number of fused-ring (bicyclic) bond motifs is 1. The third kappa shape index (κ3) is 4.76. The molecule has 0 saturated heterocycles. The highest BCUT2D eigenvalue weighted by molar-refractivity contribution is 6.03. The molecule has 0 unspecified atom stereocenters. The van der Waals surface area contributed by atoms with Crippen LogP contribution in [0.15, 0.2) is 47.4 Å². The number of hydrogen-bond donors (Lipinski definition) is 3. The van der Waals surface area contributed by atoms with E-state index in [0.29, 0.717) is 55.9 Å². The molecule has 1 saturated carbocycles. The number of benzene rings is 2. The Morgan fingerprint density at radius 2 is 1.81 bits per heavy atom. The summed E-state index contributed by atoms with van der Waals surface area (Å²) in [6.45, 7) is 6.93. The molecule has 37 heavy (non-hydrogen) atoms. The Balaban J connectivity index is 1.72. The summed E-state index contributed by atoms with van der Waals surface area (Å²) in [6.07, 6.45) is 3.60. The van der Waals surface area contributed by atoms with Crippen LogP contribution in [0.2, 0.25) is 0 Å². The standard InChI is InChI=1S/C29H30FN3O4/c1-15-10-18(30)11-16(2)26(15)37-24-9-6-17(29(3,4)36)12-20(24)22-14-33(5)28(35)25-21(22)13-23(32-25)27(34)31-19-7-8-19/h6,9-14,19,32,36H,7-8H2,1-5H3,(H,31,34). The van der Waals surface area contributed by atoms with Gasteiger partial charge in [-0.1, -0.05) is 6.07 Å². The summed E-state index contributed by atoms with van der Waals surface area (Å²) in [4.78, 5) is 28.8. The first-order valence-electron chi connectivity index (χ1n) is 12.3. The van der Waals surface area contributed by atoms with E-state index in [4.69, 9.17) is 4.74 Å². The van der Waals surface area contributed by atoms with E-state index in [9.17, 15) is 19.1 Å². The highest BCUT2D eigenvalue weighted by Gasteiger charge is 2.26. The molecule has 0 atom stereocenters. The van der Waals surface area contributed by atoms with E-state index in [1.807, 2.05) is 6.07 Å². The number of hydrogen-bond acceptors (Lipinski definition) is 4. The van der Waals surface area contributed by atoms with Gasteiger partial charge in [0, 0.05) is 35.8 Å². The van der Waals surface area contributed by atoms with E-state index in [1.54, 1.807) is 59.1 Å². The van der Waals surface area contributed by atoms with Gasteiger partial charge in [0.25, 0.3) is 11.5 Å². The van der Waals surface area contributed by atoms with Crippen molar-refractivity contribution in [2.75, 3.05) is 0 Å². The topological polar surface area (TPSA) is 96.3 Å². The number of aromatic amines is 1. The van der Waals surface area contributed by atoms with Gasteiger partial charge >= 0.3 is 0 Å². The third-order valence-corrected chi connectivity index (χ3v) is 6.74. The minimum absolute atomic E-state index is 0.173. The van der Waals surface area contributed by atoms with Crippen LogP contribution in [0.4, 0.5) is 4.39 Å². The Kier molecular flexibility index (Phi) is 5.95. The van der Waals surface area contributed by atoms with Crippen LogP contribution in [-0.2, 0) is 12.6 Å². The molecule has 1 amide bonds. The Morgan fingerprint density at radius 1 is 1.14 bits per heavy atom. The second-order valence-electron chi connectivity index (χ2n) is 10.4. The maximum absolute atomic E-state index is 13.9. The number of aromatic nitrogens is 2. The molecule has 2 aromatic heterocycles. The van der Waals surface area contributed by atoms with E-state index in [2.05, 4.69) is 10.3 Å². The molecule has 5 rings (SSSR count). The van der Waals surface area contributed by atoms with Crippen LogP contribution in [-0.4, -0.2) is 26.6 Å². The minimum Gasteiger partial charge on any atom is -0.456 e. The predicted molar refractivity (Wildman–Crippen MR) is 141 cm³/mol. The molecule has 0 aliphatic heterocycles. The zero-order valence-electron chi connectivity index (χ0n) is 21.5. The fourth-order valence-corrected chi connectivity index (χ4v) is 4.54. The van der Waals surface area contributed by atoms with Crippen LogP contribution >= 0.6 is 0 Å². The molecule has 1 fully saturated rings. The number of nitrogens with zero attached hydrogens (tertiary/aromatic N) is 1. The lowest BCUT2D eigenvalue weighted by atomic mass is 9.93. The molecule has 0 bridgehead atoms. The van der Waals surface area contributed by atoms with Crippen molar-refractivity contribution in [2.45, 2.75) is 52.2 Å². The van der Waals surface area contributed by atoms with Gasteiger partial charge in [0.15, 0.2) is 0 Å². The zero-order chi connectivity index (χ0) is 26.6. The average Bonchev–Trinajstić information content (AvgIpc) is 3.51. The van der Waals surface area contributed by atoms with Crippen molar-refractivity contribution in [1.82, 2.24) is 14.9 Å². The van der Waals surface area contributed by atoms with Crippen LogP contribution in [0.3, 0.4) is 0 Å². The molecule has 2 heterocycles. The molecule has 1 aliphatic carbocycles. The lowest BCUT2D eigenvalue weighted by molar-refractivity contribution is 0.0786. The smallest absolute Gasteiger partial charge is 0.274 e. The largest absolute Gasteiger partial charge is 0.456 e. The highest BCUT2D eigenvalue weighted by atomic mass is 19.1. The summed E-state index contributed by atoms with van der Waals surface area (Å²) in [7, 11) is 1.64. The summed E-state index contributed by atoms with van der Waals surface area (Å²) in [5.41, 5.74) is 2.40. The molecule has 0 spiro atoms. The number of pyridine rings is 1. The highest BCUT2D eigenvalue weighted by Crippen LogP contribution is 2.41. The minimum atomic E-state index is -1.14. The normalized spacial score (nSPS) is 13.7. The van der Waals surface area contributed by atoms with Gasteiger partial charge in [-0.25, -0.2) is 4.39 Å². The molecule has 1 aliphatic rings. The maximum atomic E-state index is 13.9. The fourth-order valence-electron chi connectivity index (χ4n) is 4.54. The number of carbonyl (C=O) groups is 1. The lowest BCUT2D eigenvalue weighted by Crippen LogP contribution is -2.25. The summed E-state index contributed by atoms with van der Waals surface area (Å²) in [5.74, 6) is 0.393. The number of H-pyrrole nitrogens is 1. The number of carbonyl (C=O) groups excluding carboxylic acids is 1.